The molecule has 1 aliphatic heterocycles. The number of carboxylic acid groups (broad SMARTS) is 1. The summed E-state index contributed by atoms with van der Waals surface area (Å²) in [5.74, 6) is -0.334. The molecule has 1 saturated heterocycles. The lowest BCUT2D eigenvalue weighted by atomic mass is 10.2. The highest BCUT2D eigenvalue weighted by atomic mass is 16.5. The van der Waals surface area contributed by atoms with Gasteiger partial charge in [0, 0.05) is 19.3 Å². The zero-order chi connectivity index (χ0) is 15.8. The smallest absolute Gasteiger partial charge is 0.303 e. The van der Waals surface area contributed by atoms with Crippen LogP contribution in [0.4, 0.5) is 5.69 Å². The van der Waals surface area contributed by atoms with Crippen molar-refractivity contribution >= 4 is 17.6 Å². The lowest BCUT2D eigenvalue weighted by Crippen LogP contribution is -2.18. The molecule has 0 spiro atoms. The number of anilines is 1. The third-order valence-electron chi connectivity index (χ3n) is 3.39. The normalized spacial score (nSPS) is 17.2. The molecule has 22 heavy (non-hydrogen) atoms. The molecule has 1 amide bonds. The highest BCUT2D eigenvalue weighted by Crippen LogP contribution is 2.26. The van der Waals surface area contributed by atoms with E-state index >= 15 is 0 Å². The third-order valence-corrected chi connectivity index (χ3v) is 3.39. The summed E-state index contributed by atoms with van der Waals surface area (Å²) in [5, 5.41) is 11.4. The Hall–Kier alpha value is -2.08. The van der Waals surface area contributed by atoms with Crippen LogP contribution >= 0.6 is 0 Å². The van der Waals surface area contributed by atoms with Crippen molar-refractivity contribution in [2.45, 2.75) is 38.2 Å². The molecule has 0 aromatic heterocycles. The Labute approximate surface area is 129 Å². The van der Waals surface area contributed by atoms with Gasteiger partial charge >= 0.3 is 5.97 Å². The first kappa shape index (κ1) is 16.3. The first-order valence-corrected chi connectivity index (χ1v) is 7.50. The summed E-state index contributed by atoms with van der Waals surface area (Å²) < 4.78 is 11.1. The van der Waals surface area contributed by atoms with Gasteiger partial charge in [-0.2, -0.15) is 0 Å². The van der Waals surface area contributed by atoms with Crippen molar-refractivity contribution in [3.05, 3.63) is 24.3 Å². The van der Waals surface area contributed by atoms with Crippen LogP contribution in [0, 0.1) is 0 Å². The number of hydrogen-bond acceptors (Lipinski definition) is 4. The second-order valence-corrected chi connectivity index (χ2v) is 5.25. The molecule has 6 nitrogen and oxygen atoms in total. The van der Waals surface area contributed by atoms with Gasteiger partial charge in [0.25, 0.3) is 0 Å². The van der Waals surface area contributed by atoms with Crippen LogP contribution < -0.4 is 10.1 Å². The van der Waals surface area contributed by atoms with E-state index in [9.17, 15) is 9.59 Å². The maximum Gasteiger partial charge on any atom is 0.303 e. The van der Waals surface area contributed by atoms with Gasteiger partial charge in [-0.1, -0.05) is 12.1 Å². The van der Waals surface area contributed by atoms with E-state index in [1.165, 1.54) is 0 Å². The number of carboxylic acids is 1. The average molecular weight is 307 g/mol. The van der Waals surface area contributed by atoms with E-state index in [0.717, 1.165) is 6.42 Å². The van der Waals surface area contributed by atoms with Gasteiger partial charge in [0.2, 0.25) is 5.91 Å². The van der Waals surface area contributed by atoms with Crippen LogP contribution in [0.25, 0.3) is 0 Å². The predicted octanol–water partition coefficient (Wildman–Crippen LogP) is 2.44. The summed E-state index contributed by atoms with van der Waals surface area (Å²) in [5.41, 5.74) is 0.637. The van der Waals surface area contributed by atoms with Crippen molar-refractivity contribution in [1.29, 1.82) is 0 Å². The molecule has 0 bridgehead atoms. The second kappa shape index (κ2) is 8.38. The topological polar surface area (TPSA) is 84.9 Å². The largest absolute Gasteiger partial charge is 0.486 e. The van der Waals surface area contributed by atoms with Crippen LogP contribution in [0.5, 0.6) is 5.75 Å². The van der Waals surface area contributed by atoms with Crippen LogP contribution in [0.2, 0.25) is 0 Å². The molecule has 6 heteroatoms. The van der Waals surface area contributed by atoms with E-state index in [0.29, 0.717) is 43.9 Å². The minimum absolute atomic E-state index is 0.0219. The monoisotopic (exact) mass is 307 g/mol. The Bertz CT molecular complexity index is 511. The molecule has 1 atom stereocenters. The SMILES string of the molecule is O=C(O)CCCCC(=O)Nc1ccccc1OC1CCOC1. The highest BCUT2D eigenvalue weighted by Gasteiger charge is 2.18. The number of para-hydroxylation sites is 2. The Kier molecular flexibility index (Phi) is 6.21. The highest BCUT2D eigenvalue weighted by molar-refractivity contribution is 5.92. The maximum atomic E-state index is 11.9. The summed E-state index contributed by atoms with van der Waals surface area (Å²) >= 11 is 0. The molecule has 0 aliphatic carbocycles. The van der Waals surface area contributed by atoms with Crippen LogP contribution in [0.15, 0.2) is 24.3 Å². The third kappa shape index (κ3) is 5.37. The molecule has 1 fully saturated rings. The number of hydrogen-bond donors (Lipinski definition) is 2. The first-order valence-electron chi connectivity index (χ1n) is 7.50. The van der Waals surface area contributed by atoms with Gasteiger partial charge in [-0.25, -0.2) is 0 Å². The fraction of sp³-hybridized carbons (Fsp3) is 0.500. The number of unbranched alkanes of at least 4 members (excludes halogenated alkanes) is 1. The number of carbonyl (C=O) groups is 2. The summed E-state index contributed by atoms with van der Waals surface area (Å²) in [6.45, 7) is 1.26. The summed E-state index contributed by atoms with van der Waals surface area (Å²) in [4.78, 5) is 22.3. The molecular formula is C16H21NO5. The molecule has 1 aromatic carbocycles. The quantitative estimate of drug-likeness (QED) is 0.721. The predicted molar refractivity (Wildman–Crippen MR) is 81.0 cm³/mol. The molecule has 1 aliphatic rings. The van der Waals surface area contributed by atoms with Gasteiger partial charge < -0.3 is 19.9 Å². The second-order valence-electron chi connectivity index (χ2n) is 5.25. The van der Waals surface area contributed by atoms with Crippen molar-refractivity contribution in [1.82, 2.24) is 0 Å². The molecular weight excluding hydrogens is 286 g/mol. The molecule has 2 N–H and O–H groups in total. The van der Waals surface area contributed by atoms with E-state index in [1.54, 1.807) is 6.07 Å². The zero-order valence-corrected chi connectivity index (χ0v) is 12.4. The van der Waals surface area contributed by atoms with Crippen molar-refractivity contribution < 1.29 is 24.2 Å². The Morgan fingerprint density at radius 1 is 1.27 bits per heavy atom. The zero-order valence-electron chi connectivity index (χ0n) is 12.4. The van der Waals surface area contributed by atoms with Crippen LogP contribution in [-0.2, 0) is 14.3 Å². The maximum absolute atomic E-state index is 11.9. The van der Waals surface area contributed by atoms with E-state index in [4.69, 9.17) is 14.6 Å². The molecule has 2 rings (SSSR count). The number of rotatable bonds is 8. The van der Waals surface area contributed by atoms with Gasteiger partial charge in [0.1, 0.15) is 11.9 Å². The van der Waals surface area contributed by atoms with Crippen molar-refractivity contribution in [3.63, 3.8) is 0 Å². The molecule has 0 radical (unpaired) electrons. The van der Waals surface area contributed by atoms with Gasteiger partial charge in [0.15, 0.2) is 0 Å². The van der Waals surface area contributed by atoms with E-state index < -0.39 is 5.97 Å². The van der Waals surface area contributed by atoms with E-state index in [2.05, 4.69) is 5.32 Å². The number of aliphatic carboxylic acids is 1. The van der Waals surface area contributed by atoms with Crippen LogP contribution in [-0.4, -0.2) is 36.3 Å². The number of benzene rings is 1. The Morgan fingerprint density at radius 3 is 2.77 bits per heavy atom. The van der Waals surface area contributed by atoms with Crippen molar-refractivity contribution in [2.24, 2.45) is 0 Å². The first-order chi connectivity index (χ1) is 10.6. The average Bonchev–Trinajstić information content (AvgIpc) is 2.98. The fourth-order valence-corrected chi connectivity index (χ4v) is 2.23. The van der Waals surface area contributed by atoms with E-state index in [1.807, 2.05) is 18.2 Å². The number of amides is 1. The standard InChI is InChI=1S/C16H21NO5/c18-15(7-3-4-8-16(19)20)17-13-5-1-2-6-14(13)22-12-9-10-21-11-12/h1-2,5-6,12H,3-4,7-11H2,(H,17,18)(H,19,20). The lowest BCUT2D eigenvalue weighted by molar-refractivity contribution is -0.137. The van der Waals surface area contributed by atoms with Crippen LogP contribution in [0.1, 0.15) is 32.1 Å². The lowest BCUT2D eigenvalue weighted by Gasteiger charge is -2.16. The van der Waals surface area contributed by atoms with Gasteiger partial charge in [-0.15, -0.1) is 0 Å². The minimum atomic E-state index is -0.835. The molecule has 1 unspecified atom stereocenters. The van der Waals surface area contributed by atoms with Gasteiger partial charge in [0.05, 0.1) is 18.9 Å². The van der Waals surface area contributed by atoms with Crippen molar-refractivity contribution in [3.8, 4) is 5.75 Å². The molecule has 0 saturated carbocycles. The van der Waals surface area contributed by atoms with Gasteiger partial charge in [-0.05, 0) is 25.0 Å². The van der Waals surface area contributed by atoms with Crippen molar-refractivity contribution in [2.75, 3.05) is 18.5 Å². The number of carbonyl (C=O) groups excluding carboxylic acids is 1. The van der Waals surface area contributed by atoms with E-state index in [-0.39, 0.29) is 18.4 Å². The number of ether oxygens (including phenoxy) is 2. The molecule has 1 aromatic rings. The summed E-state index contributed by atoms with van der Waals surface area (Å²) in [7, 11) is 0. The minimum Gasteiger partial charge on any atom is -0.486 e. The van der Waals surface area contributed by atoms with Gasteiger partial charge in [-0.3, -0.25) is 9.59 Å². The molecule has 1 heterocycles. The Morgan fingerprint density at radius 2 is 2.05 bits per heavy atom. The Balaban J connectivity index is 1.83. The summed E-state index contributed by atoms with van der Waals surface area (Å²) in [6.07, 6.45) is 2.31. The van der Waals surface area contributed by atoms with Crippen LogP contribution in [0.3, 0.4) is 0 Å². The number of nitrogens with one attached hydrogen (secondary N) is 1. The molecule has 120 valence electrons. The summed E-state index contributed by atoms with van der Waals surface area (Å²) in [6, 6.07) is 7.30. The fourth-order valence-electron chi connectivity index (χ4n) is 2.23.